The number of aryl methyl sites for hydroxylation is 1. The summed E-state index contributed by atoms with van der Waals surface area (Å²) in [6.07, 6.45) is 1.64. The van der Waals surface area contributed by atoms with Gasteiger partial charge in [0, 0.05) is 34.3 Å². The number of nitrogens with zero attached hydrogens (tertiary/aromatic N) is 2. The average Bonchev–Trinajstić information content (AvgIpc) is 3.12. The first-order valence-electron chi connectivity index (χ1n) is 10.2. The third kappa shape index (κ3) is 6.04. The van der Waals surface area contributed by atoms with Gasteiger partial charge in [0.25, 0.3) is 0 Å². The molecule has 31 heavy (non-hydrogen) atoms. The molecule has 0 aliphatic rings. The topological polar surface area (TPSA) is 76.0 Å². The summed E-state index contributed by atoms with van der Waals surface area (Å²) in [6.45, 7) is 8.28. The van der Waals surface area contributed by atoms with Gasteiger partial charge in [-0.15, -0.1) is 0 Å². The predicted molar refractivity (Wildman–Crippen MR) is 127 cm³/mol. The summed E-state index contributed by atoms with van der Waals surface area (Å²) in [7, 11) is -1.06. The van der Waals surface area contributed by atoms with Gasteiger partial charge in [0.2, 0.25) is 0 Å². The van der Waals surface area contributed by atoms with E-state index in [0.29, 0.717) is 11.6 Å². The molecule has 6 nitrogen and oxygen atoms in total. The molecule has 2 N–H and O–H groups in total. The van der Waals surface area contributed by atoms with Crippen LogP contribution in [-0.4, -0.2) is 32.0 Å². The van der Waals surface area contributed by atoms with Crippen molar-refractivity contribution in [2.45, 2.75) is 39.2 Å². The Labute approximate surface area is 186 Å². The number of aromatic nitrogens is 2. The lowest BCUT2D eigenvalue weighted by Gasteiger charge is -2.19. The Bertz CT molecular complexity index is 1070. The molecule has 164 valence electrons. The first-order valence-corrected chi connectivity index (χ1v) is 12.0. The summed E-state index contributed by atoms with van der Waals surface area (Å²) < 4.78 is 13.6. The fourth-order valence-electron chi connectivity index (χ4n) is 3.25. The van der Waals surface area contributed by atoms with Gasteiger partial charge in [-0.1, -0.05) is 63.2 Å². The minimum Gasteiger partial charge on any atom is -0.330 e. The van der Waals surface area contributed by atoms with E-state index in [0.717, 1.165) is 22.5 Å². The second-order valence-electron chi connectivity index (χ2n) is 8.72. The van der Waals surface area contributed by atoms with Gasteiger partial charge in [-0.3, -0.25) is 9.53 Å². The number of nitrogens with one attached hydrogen (secondary N) is 2. The Morgan fingerprint density at radius 1 is 1.10 bits per heavy atom. The third-order valence-electron chi connectivity index (χ3n) is 4.87. The number of urea groups is 1. The maximum absolute atomic E-state index is 12.9. The molecule has 0 saturated carbocycles. The second-order valence-corrected chi connectivity index (χ2v) is 10.2. The zero-order valence-corrected chi connectivity index (χ0v) is 19.5. The van der Waals surface area contributed by atoms with Crippen molar-refractivity contribution in [3.63, 3.8) is 0 Å². The highest BCUT2D eigenvalue weighted by Crippen LogP contribution is 2.26. The van der Waals surface area contributed by atoms with E-state index in [1.807, 2.05) is 67.6 Å². The molecule has 0 aliphatic heterocycles. The molecule has 0 saturated heterocycles. The maximum Gasteiger partial charge on any atom is 0.320 e. The summed E-state index contributed by atoms with van der Waals surface area (Å²) in [5.41, 5.74) is 3.59. The molecule has 1 aromatic heterocycles. The Balaban J connectivity index is 1.89. The van der Waals surface area contributed by atoms with E-state index in [2.05, 4.69) is 31.4 Å². The number of carbonyl (C=O) groups is 1. The molecule has 3 rings (SSSR count). The molecule has 3 aromatic rings. The number of hydrogen-bond acceptors (Lipinski definition) is 3. The van der Waals surface area contributed by atoms with Crippen LogP contribution in [0.1, 0.15) is 43.6 Å². The Morgan fingerprint density at radius 2 is 1.81 bits per heavy atom. The zero-order valence-electron chi connectivity index (χ0n) is 18.7. The summed E-state index contributed by atoms with van der Waals surface area (Å²) in [5.74, 6) is 0.916. The van der Waals surface area contributed by atoms with Crippen molar-refractivity contribution in [1.29, 1.82) is 0 Å². The van der Waals surface area contributed by atoms with E-state index in [1.54, 1.807) is 10.9 Å². The van der Waals surface area contributed by atoms with E-state index in [-0.39, 0.29) is 17.5 Å². The first-order chi connectivity index (χ1) is 14.6. The fraction of sp³-hybridized carbons (Fsp3) is 0.333. The van der Waals surface area contributed by atoms with Crippen molar-refractivity contribution in [2.24, 2.45) is 0 Å². The molecule has 2 aromatic carbocycles. The van der Waals surface area contributed by atoms with Crippen molar-refractivity contribution in [1.82, 2.24) is 15.1 Å². The minimum atomic E-state index is -1.06. The highest BCUT2D eigenvalue weighted by molar-refractivity contribution is 7.84. The molecule has 2 atom stereocenters. The van der Waals surface area contributed by atoms with E-state index >= 15 is 0 Å². The van der Waals surface area contributed by atoms with Gasteiger partial charge >= 0.3 is 6.03 Å². The molecule has 0 bridgehead atoms. The van der Waals surface area contributed by atoms with Crippen LogP contribution in [0.2, 0.25) is 0 Å². The van der Waals surface area contributed by atoms with E-state index in [9.17, 15) is 9.00 Å². The van der Waals surface area contributed by atoms with Gasteiger partial charge in [0.15, 0.2) is 0 Å². The lowest BCUT2D eigenvalue weighted by atomic mass is 9.92. The normalized spacial score (nSPS) is 13.5. The van der Waals surface area contributed by atoms with Crippen LogP contribution in [0.4, 0.5) is 10.6 Å². The molecule has 7 heteroatoms. The quantitative estimate of drug-likeness (QED) is 0.585. The SMILES string of the molecule is Cc1cccc(-n2nc(C(C)(C)C)cc2NC(=O)NC(CS(C)=O)c2ccccc2)c1. The van der Waals surface area contributed by atoms with Crippen LogP contribution in [0, 0.1) is 6.92 Å². The van der Waals surface area contributed by atoms with Crippen molar-refractivity contribution >= 4 is 22.6 Å². The van der Waals surface area contributed by atoms with Crippen LogP contribution < -0.4 is 10.6 Å². The molecule has 0 fully saturated rings. The van der Waals surface area contributed by atoms with Crippen molar-refractivity contribution < 1.29 is 9.00 Å². The molecule has 2 unspecified atom stereocenters. The van der Waals surface area contributed by atoms with Crippen LogP contribution >= 0.6 is 0 Å². The van der Waals surface area contributed by atoms with Gasteiger partial charge < -0.3 is 5.32 Å². The number of benzene rings is 2. The highest BCUT2D eigenvalue weighted by Gasteiger charge is 2.23. The van der Waals surface area contributed by atoms with Crippen molar-refractivity contribution in [3.05, 3.63) is 77.5 Å². The predicted octanol–water partition coefficient (Wildman–Crippen LogP) is 4.72. The van der Waals surface area contributed by atoms with E-state index in [4.69, 9.17) is 5.10 Å². The zero-order chi connectivity index (χ0) is 22.6. The van der Waals surface area contributed by atoms with Crippen LogP contribution in [0.25, 0.3) is 5.69 Å². The summed E-state index contributed by atoms with van der Waals surface area (Å²) >= 11 is 0. The molecule has 2 amide bonds. The number of hydrogen-bond donors (Lipinski definition) is 2. The van der Waals surface area contributed by atoms with Crippen LogP contribution in [0.5, 0.6) is 0 Å². The van der Waals surface area contributed by atoms with Crippen LogP contribution in [0.15, 0.2) is 60.7 Å². The number of carbonyl (C=O) groups excluding carboxylic acids is 1. The Kier molecular flexibility index (Phi) is 6.95. The summed E-state index contributed by atoms with van der Waals surface area (Å²) in [5, 5.41) is 10.7. The van der Waals surface area contributed by atoms with Crippen molar-refractivity contribution in [3.8, 4) is 5.69 Å². The number of anilines is 1. The van der Waals surface area contributed by atoms with Gasteiger partial charge in [0.05, 0.1) is 17.4 Å². The minimum absolute atomic E-state index is 0.173. The smallest absolute Gasteiger partial charge is 0.320 e. The van der Waals surface area contributed by atoms with Gasteiger partial charge in [-0.25, -0.2) is 9.48 Å². The number of rotatable bonds is 6. The van der Waals surface area contributed by atoms with Gasteiger partial charge in [-0.05, 0) is 30.2 Å². The third-order valence-corrected chi connectivity index (χ3v) is 5.68. The van der Waals surface area contributed by atoms with Gasteiger partial charge in [-0.2, -0.15) is 5.10 Å². The summed E-state index contributed by atoms with van der Waals surface area (Å²) in [6, 6.07) is 18.7. The number of amides is 2. The molecule has 0 aliphatic carbocycles. The van der Waals surface area contributed by atoms with Crippen LogP contribution in [0.3, 0.4) is 0 Å². The lowest BCUT2D eigenvalue weighted by Crippen LogP contribution is -2.35. The second kappa shape index (κ2) is 9.47. The van der Waals surface area contributed by atoms with Gasteiger partial charge in [0.1, 0.15) is 5.82 Å². The Morgan fingerprint density at radius 3 is 2.42 bits per heavy atom. The summed E-state index contributed by atoms with van der Waals surface area (Å²) in [4.78, 5) is 12.9. The molecule has 0 spiro atoms. The molecular formula is C24H30N4O2S. The maximum atomic E-state index is 12.9. The lowest BCUT2D eigenvalue weighted by molar-refractivity contribution is 0.249. The highest BCUT2D eigenvalue weighted by atomic mass is 32.2. The van der Waals surface area contributed by atoms with Crippen LogP contribution in [-0.2, 0) is 16.2 Å². The largest absolute Gasteiger partial charge is 0.330 e. The standard InChI is InChI=1S/C24H30N4O2S/c1-17-10-9-13-19(14-17)28-22(15-21(27-28)24(2,3)4)26-23(29)25-20(16-31(5)30)18-11-7-6-8-12-18/h6-15,20H,16H2,1-5H3,(H2,25,26,29). The monoisotopic (exact) mass is 438 g/mol. The fourth-order valence-corrected chi connectivity index (χ4v) is 3.99. The van der Waals surface area contributed by atoms with E-state index in [1.165, 1.54) is 0 Å². The average molecular weight is 439 g/mol. The van der Waals surface area contributed by atoms with E-state index < -0.39 is 10.8 Å². The Hall–Kier alpha value is -2.93. The van der Waals surface area contributed by atoms with Crippen molar-refractivity contribution in [2.75, 3.05) is 17.3 Å². The first kappa shape index (κ1) is 22.7. The molecular weight excluding hydrogens is 408 g/mol. The molecule has 0 radical (unpaired) electrons. The molecule has 1 heterocycles.